The summed E-state index contributed by atoms with van der Waals surface area (Å²) in [6.07, 6.45) is 0.301. The molecular weight excluding hydrogens is 407 g/mol. The summed E-state index contributed by atoms with van der Waals surface area (Å²) in [5.74, 6) is 0.175. The Morgan fingerprint density at radius 1 is 1.26 bits per heavy atom. The van der Waals surface area contributed by atoms with Crippen molar-refractivity contribution in [3.05, 3.63) is 58.4 Å². The molecule has 0 unspecified atom stereocenters. The van der Waals surface area contributed by atoms with E-state index in [1.807, 2.05) is 0 Å². The van der Waals surface area contributed by atoms with Crippen molar-refractivity contribution in [2.45, 2.75) is 37.5 Å². The van der Waals surface area contributed by atoms with Gasteiger partial charge in [-0.2, -0.15) is 18.4 Å². The second-order valence-electron chi connectivity index (χ2n) is 7.64. The molecule has 0 saturated heterocycles. The second kappa shape index (κ2) is 8.65. The zero-order chi connectivity index (χ0) is 22.0. The topological polar surface area (TPSA) is 82.9 Å². The van der Waals surface area contributed by atoms with Crippen LogP contribution in [-0.4, -0.2) is 42.3 Å². The van der Waals surface area contributed by atoms with Gasteiger partial charge in [0.15, 0.2) is 0 Å². The van der Waals surface area contributed by atoms with Gasteiger partial charge in [-0.15, -0.1) is 0 Å². The number of fused-ring (bicyclic) bond motifs is 1. The van der Waals surface area contributed by atoms with Gasteiger partial charge in [0.2, 0.25) is 5.95 Å². The maximum absolute atomic E-state index is 13.7. The highest BCUT2D eigenvalue weighted by Gasteiger charge is 2.38. The van der Waals surface area contributed by atoms with Crippen molar-refractivity contribution >= 4 is 11.5 Å². The summed E-state index contributed by atoms with van der Waals surface area (Å²) >= 11 is 0. The van der Waals surface area contributed by atoms with Gasteiger partial charge in [0, 0.05) is 37.5 Å². The van der Waals surface area contributed by atoms with Crippen LogP contribution in [0.4, 0.5) is 19.1 Å². The zero-order valence-corrected chi connectivity index (χ0v) is 17.0. The maximum atomic E-state index is 13.7. The van der Waals surface area contributed by atoms with Crippen molar-refractivity contribution in [2.24, 2.45) is 0 Å². The van der Waals surface area contributed by atoms with Gasteiger partial charge in [-0.3, -0.25) is 0 Å². The van der Waals surface area contributed by atoms with Crippen LogP contribution < -0.4 is 10.6 Å². The van der Waals surface area contributed by atoms with Gasteiger partial charge in [0.05, 0.1) is 23.9 Å². The van der Waals surface area contributed by atoms with E-state index in [4.69, 9.17) is 10.00 Å². The summed E-state index contributed by atoms with van der Waals surface area (Å²) < 4.78 is 46.2. The zero-order valence-electron chi connectivity index (χ0n) is 17.0. The number of rotatable bonds is 7. The number of ether oxygens (including phenoxy) is 1. The van der Waals surface area contributed by atoms with Crippen LogP contribution in [0.5, 0.6) is 0 Å². The predicted molar refractivity (Wildman–Crippen MR) is 109 cm³/mol. The van der Waals surface area contributed by atoms with Crippen LogP contribution in [0.25, 0.3) is 5.57 Å². The van der Waals surface area contributed by atoms with Gasteiger partial charge in [0.25, 0.3) is 0 Å². The molecule has 1 aromatic carbocycles. The summed E-state index contributed by atoms with van der Waals surface area (Å²) in [5.41, 5.74) is 1.36. The Kier molecular flexibility index (Phi) is 5.94. The lowest BCUT2D eigenvalue weighted by atomic mass is 9.86. The van der Waals surface area contributed by atoms with Gasteiger partial charge in [-0.1, -0.05) is 12.1 Å². The molecule has 1 aromatic heterocycles. The van der Waals surface area contributed by atoms with E-state index in [1.54, 1.807) is 31.4 Å². The molecule has 6 nitrogen and oxygen atoms in total. The first-order valence-electron chi connectivity index (χ1n) is 10.1. The van der Waals surface area contributed by atoms with Gasteiger partial charge in [-0.25, -0.2) is 9.97 Å². The normalized spacial score (nSPS) is 19.9. The molecule has 2 N–H and O–H groups in total. The Hall–Kier alpha value is -2.96. The van der Waals surface area contributed by atoms with Crippen LogP contribution in [0.2, 0.25) is 0 Å². The number of alkyl halides is 3. The van der Waals surface area contributed by atoms with Crippen molar-refractivity contribution in [1.82, 2.24) is 15.3 Å². The van der Waals surface area contributed by atoms with Crippen LogP contribution in [0.3, 0.4) is 0 Å². The standard InChI is InChI=1S/C22H22F3N5O/c1-31-9-8-27-18-6-7-19(18)29-21-28-12-17(22(23,24)25)20(30-21)16-5-3-14-10-13(11-26)2-4-15(14)16/h2,4-5,10,12,18-19,27H,3,6-9H2,1H3,(H,28,29,30)/t18-,19-/m1/s1. The fourth-order valence-corrected chi connectivity index (χ4v) is 3.93. The third-order valence-electron chi connectivity index (χ3n) is 5.70. The molecule has 0 aliphatic heterocycles. The van der Waals surface area contributed by atoms with E-state index >= 15 is 0 Å². The number of benzene rings is 1. The number of nitriles is 1. The number of halogens is 3. The van der Waals surface area contributed by atoms with Crippen LogP contribution in [-0.2, 0) is 17.3 Å². The molecule has 0 spiro atoms. The minimum atomic E-state index is -4.58. The molecule has 0 bridgehead atoms. The predicted octanol–water partition coefficient (Wildman–Crippen LogP) is 3.53. The number of allylic oxidation sites excluding steroid dienone is 1. The molecule has 0 radical (unpaired) electrons. The van der Waals surface area contributed by atoms with Crippen molar-refractivity contribution < 1.29 is 17.9 Å². The molecule has 162 valence electrons. The molecule has 1 fully saturated rings. The molecule has 2 aliphatic carbocycles. The average Bonchev–Trinajstić information content (AvgIpc) is 3.16. The lowest BCUT2D eigenvalue weighted by Crippen LogP contribution is -2.52. The van der Waals surface area contributed by atoms with Crippen LogP contribution in [0.1, 0.15) is 40.8 Å². The number of nitrogens with one attached hydrogen (secondary N) is 2. The smallest absolute Gasteiger partial charge is 0.383 e. The third-order valence-corrected chi connectivity index (χ3v) is 5.70. The Balaban J connectivity index is 1.61. The lowest BCUT2D eigenvalue weighted by molar-refractivity contribution is -0.138. The summed E-state index contributed by atoms with van der Waals surface area (Å²) in [6, 6.07) is 7.30. The van der Waals surface area contributed by atoms with Gasteiger partial charge in [-0.05, 0) is 42.5 Å². The summed E-state index contributed by atoms with van der Waals surface area (Å²) in [6.45, 7) is 1.29. The highest BCUT2D eigenvalue weighted by Crippen LogP contribution is 2.40. The van der Waals surface area contributed by atoms with E-state index in [0.717, 1.165) is 24.6 Å². The van der Waals surface area contributed by atoms with Gasteiger partial charge < -0.3 is 15.4 Å². The Morgan fingerprint density at radius 2 is 2.06 bits per heavy atom. The van der Waals surface area contributed by atoms with Gasteiger partial charge >= 0.3 is 6.18 Å². The van der Waals surface area contributed by atoms with Crippen molar-refractivity contribution in [3.8, 4) is 6.07 Å². The maximum Gasteiger partial charge on any atom is 0.419 e. The summed E-state index contributed by atoms with van der Waals surface area (Å²) in [7, 11) is 1.63. The van der Waals surface area contributed by atoms with E-state index in [-0.39, 0.29) is 23.7 Å². The van der Waals surface area contributed by atoms with Crippen molar-refractivity contribution in [3.63, 3.8) is 0 Å². The monoisotopic (exact) mass is 429 g/mol. The van der Waals surface area contributed by atoms with Crippen molar-refractivity contribution in [2.75, 3.05) is 25.6 Å². The van der Waals surface area contributed by atoms with E-state index in [1.165, 1.54) is 0 Å². The molecule has 2 atom stereocenters. The number of anilines is 1. The summed E-state index contributed by atoms with van der Waals surface area (Å²) in [4.78, 5) is 8.24. The fourth-order valence-electron chi connectivity index (χ4n) is 3.93. The number of hydrogen-bond acceptors (Lipinski definition) is 6. The average molecular weight is 429 g/mol. The molecule has 1 saturated carbocycles. The molecule has 2 aromatic rings. The summed E-state index contributed by atoms with van der Waals surface area (Å²) in [5, 5.41) is 15.6. The van der Waals surface area contributed by atoms with E-state index in [0.29, 0.717) is 36.3 Å². The highest BCUT2D eigenvalue weighted by molar-refractivity contribution is 5.85. The Morgan fingerprint density at radius 3 is 2.74 bits per heavy atom. The molecule has 2 aliphatic rings. The number of aromatic nitrogens is 2. The molecule has 4 rings (SSSR count). The fraction of sp³-hybridized carbons (Fsp3) is 0.409. The SMILES string of the molecule is COCCN[C@@H]1CC[C@H]1Nc1ncc(C(F)(F)F)c(C2=CCc3cc(C#N)ccc32)n1. The molecule has 31 heavy (non-hydrogen) atoms. The number of hydrogen-bond donors (Lipinski definition) is 2. The second-order valence-corrected chi connectivity index (χ2v) is 7.64. The largest absolute Gasteiger partial charge is 0.419 e. The lowest BCUT2D eigenvalue weighted by Gasteiger charge is -2.38. The number of methoxy groups -OCH3 is 1. The van der Waals surface area contributed by atoms with Crippen molar-refractivity contribution in [1.29, 1.82) is 5.26 Å². The van der Waals surface area contributed by atoms with Crippen LogP contribution >= 0.6 is 0 Å². The minimum Gasteiger partial charge on any atom is -0.383 e. The Bertz CT molecular complexity index is 1040. The van der Waals surface area contributed by atoms with Gasteiger partial charge in [0.1, 0.15) is 5.56 Å². The molecule has 0 amide bonds. The van der Waals surface area contributed by atoms with E-state index in [9.17, 15) is 13.2 Å². The molecule has 1 heterocycles. The Labute approximate surface area is 178 Å². The van der Waals surface area contributed by atoms with Crippen LogP contribution in [0, 0.1) is 11.3 Å². The number of nitrogens with zero attached hydrogens (tertiary/aromatic N) is 3. The first kappa shape index (κ1) is 21.3. The molecule has 9 heteroatoms. The van der Waals surface area contributed by atoms with Crippen LogP contribution in [0.15, 0.2) is 30.5 Å². The third kappa shape index (κ3) is 4.40. The first-order chi connectivity index (χ1) is 14.9. The quantitative estimate of drug-likeness (QED) is 0.656. The highest BCUT2D eigenvalue weighted by atomic mass is 19.4. The first-order valence-corrected chi connectivity index (χ1v) is 10.1. The minimum absolute atomic E-state index is 0.0458. The molecular formula is C22H22F3N5O. The van der Waals surface area contributed by atoms with E-state index in [2.05, 4.69) is 26.7 Å². The van der Waals surface area contributed by atoms with E-state index < -0.39 is 11.7 Å².